The molecule has 0 aromatic heterocycles. The average Bonchev–Trinajstić information content (AvgIpc) is 2.35. The Morgan fingerprint density at radius 1 is 1.43 bits per heavy atom. The summed E-state index contributed by atoms with van der Waals surface area (Å²) in [6.45, 7) is 8.68. The third-order valence-electron chi connectivity index (χ3n) is 2.92. The molecular formula is C14H19ClN2O3Si. The Labute approximate surface area is 130 Å². The number of amides is 1. The first-order valence-electron chi connectivity index (χ1n) is 6.61. The Bertz CT molecular complexity index is 595. The van der Waals surface area contributed by atoms with Crippen LogP contribution in [0.1, 0.15) is 22.8 Å². The SMILES string of the molecule is CCNC(=O)c1c([Si](C)(C)C)ccc(C=C[N+](=O)[O-])c1Cl. The van der Waals surface area contributed by atoms with Crippen LogP contribution in [0.25, 0.3) is 6.08 Å². The zero-order chi connectivity index (χ0) is 16.2. The number of carbonyl (C=O) groups excluding carboxylic acids is 1. The first-order chi connectivity index (χ1) is 9.68. The molecular weight excluding hydrogens is 308 g/mol. The van der Waals surface area contributed by atoms with Gasteiger partial charge in [0.1, 0.15) is 0 Å². The first kappa shape index (κ1) is 17.4. The predicted molar refractivity (Wildman–Crippen MR) is 88.5 cm³/mol. The highest BCUT2D eigenvalue weighted by Gasteiger charge is 2.26. The van der Waals surface area contributed by atoms with Gasteiger partial charge in [0.05, 0.1) is 23.6 Å². The molecule has 0 saturated heterocycles. The molecule has 114 valence electrons. The van der Waals surface area contributed by atoms with E-state index in [1.807, 2.05) is 13.0 Å². The van der Waals surface area contributed by atoms with Crippen LogP contribution < -0.4 is 10.5 Å². The lowest BCUT2D eigenvalue weighted by Crippen LogP contribution is -2.43. The van der Waals surface area contributed by atoms with Gasteiger partial charge in [-0.15, -0.1) is 0 Å². The number of halogens is 1. The summed E-state index contributed by atoms with van der Waals surface area (Å²) in [6, 6.07) is 3.57. The van der Waals surface area contributed by atoms with Crippen LogP contribution in [0.4, 0.5) is 0 Å². The van der Waals surface area contributed by atoms with Gasteiger partial charge in [-0.25, -0.2) is 0 Å². The van der Waals surface area contributed by atoms with Gasteiger partial charge < -0.3 is 5.32 Å². The maximum atomic E-state index is 12.3. The topological polar surface area (TPSA) is 72.2 Å². The highest BCUT2D eigenvalue weighted by atomic mass is 35.5. The normalized spacial score (nSPS) is 11.7. The van der Waals surface area contributed by atoms with Crippen LogP contribution >= 0.6 is 11.6 Å². The van der Waals surface area contributed by atoms with Gasteiger partial charge in [0.2, 0.25) is 6.20 Å². The Balaban J connectivity index is 3.48. The fourth-order valence-electron chi connectivity index (χ4n) is 1.96. The summed E-state index contributed by atoms with van der Waals surface area (Å²) in [5, 5.41) is 14.4. The molecule has 0 bridgehead atoms. The lowest BCUT2D eigenvalue weighted by Gasteiger charge is -2.22. The smallest absolute Gasteiger partial charge is 0.252 e. The van der Waals surface area contributed by atoms with Gasteiger partial charge in [0, 0.05) is 12.6 Å². The van der Waals surface area contributed by atoms with Gasteiger partial charge in [-0.3, -0.25) is 14.9 Å². The molecule has 21 heavy (non-hydrogen) atoms. The monoisotopic (exact) mass is 326 g/mol. The molecule has 0 aliphatic heterocycles. The van der Waals surface area contributed by atoms with Crippen molar-refractivity contribution in [1.29, 1.82) is 0 Å². The largest absolute Gasteiger partial charge is 0.352 e. The third kappa shape index (κ3) is 4.40. The number of carbonyl (C=O) groups is 1. The fraction of sp³-hybridized carbons (Fsp3) is 0.357. The molecule has 0 aliphatic carbocycles. The molecule has 0 fully saturated rings. The minimum Gasteiger partial charge on any atom is -0.352 e. The second-order valence-electron chi connectivity index (χ2n) is 5.60. The Morgan fingerprint density at radius 2 is 2.05 bits per heavy atom. The molecule has 5 nitrogen and oxygen atoms in total. The van der Waals surface area contributed by atoms with Crippen molar-refractivity contribution in [2.24, 2.45) is 0 Å². The highest BCUT2D eigenvalue weighted by Crippen LogP contribution is 2.23. The molecule has 0 saturated carbocycles. The van der Waals surface area contributed by atoms with E-state index >= 15 is 0 Å². The predicted octanol–water partition coefficient (Wildman–Crippen LogP) is 2.88. The summed E-state index contributed by atoms with van der Waals surface area (Å²) < 4.78 is 0. The minimum absolute atomic E-state index is 0.240. The standard InChI is InChI=1S/C14H19ClN2O3Si/c1-5-16-14(18)12-11(21(2,3)4)7-6-10(13(12)15)8-9-17(19)20/h6-9H,5H2,1-4H3,(H,16,18). The van der Waals surface area contributed by atoms with Crippen LogP contribution in [0.2, 0.25) is 24.7 Å². The Hall–Kier alpha value is -1.66. The first-order valence-corrected chi connectivity index (χ1v) is 10.5. The van der Waals surface area contributed by atoms with E-state index < -0.39 is 13.0 Å². The van der Waals surface area contributed by atoms with Gasteiger partial charge in [0.25, 0.3) is 5.91 Å². The van der Waals surface area contributed by atoms with E-state index in [1.165, 1.54) is 6.08 Å². The van der Waals surface area contributed by atoms with E-state index in [-0.39, 0.29) is 10.9 Å². The van der Waals surface area contributed by atoms with E-state index in [4.69, 9.17) is 11.6 Å². The van der Waals surface area contributed by atoms with Crippen LogP contribution in [-0.4, -0.2) is 25.4 Å². The molecule has 0 aliphatic rings. The third-order valence-corrected chi connectivity index (χ3v) is 5.36. The van der Waals surface area contributed by atoms with Gasteiger partial charge in [-0.05, 0) is 17.7 Å². The molecule has 0 radical (unpaired) electrons. The van der Waals surface area contributed by atoms with E-state index in [0.29, 0.717) is 17.7 Å². The second-order valence-corrected chi connectivity index (χ2v) is 11.0. The van der Waals surface area contributed by atoms with E-state index in [2.05, 4.69) is 25.0 Å². The zero-order valence-electron chi connectivity index (χ0n) is 12.6. The van der Waals surface area contributed by atoms with Gasteiger partial charge in [-0.2, -0.15) is 0 Å². The van der Waals surface area contributed by atoms with E-state index in [9.17, 15) is 14.9 Å². The molecule has 0 unspecified atom stereocenters. The Morgan fingerprint density at radius 3 is 2.52 bits per heavy atom. The molecule has 0 heterocycles. The summed E-state index contributed by atoms with van der Waals surface area (Å²) in [5.41, 5.74) is 0.903. The van der Waals surface area contributed by atoms with Crippen molar-refractivity contribution in [2.45, 2.75) is 26.6 Å². The zero-order valence-corrected chi connectivity index (χ0v) is 14.3. The summed E-state index contributed by atoms with van der Waals surface area (Å²) >= 11 is 6.32. The van der Waals surface area contributed by atoms with Crippen LogP contribution in [-0.2, 0) is 0 Å². The number of hydrogen-bond donors (Lipinski definition) is 1. The van der Waals surface area contributed by atoms with Crippen molar-refractivity contribution in [1.82, 2.24) is 5.32 Å². The number of rotatable bonds is 5. The quantitative estimate of drug-likeness (QED) is 0.513. The summed E-state index contributed by atoms with van der Waals surface area (Å²) in [6.07, 6.45) is 2.12. The number of benzene rings is 1. The van der Waals surface area contributed by atoms with Crippen molar-refractivity contribution in [3.8, 4) is 0 Å². The van der Waals surface area contributed by atoms with Crippen molar-refractivity contribution in [3.63, 3.8) is 0 Å². The molecule has 0 spiro atoms. The maximum absolute atomic E-state index is 12.3. The number of nitrogens with one attached hydrogen (secondary N) is 1. The highest BCUT2D eigenvalue weighted by molar-refractivity contribution is 6.89. The van der Waals surface area contributed by atoms with Crippen molar-refractivity contribution in [2.75, 3.05) is 6.54 Å². The fourth-order valence-corrected chi connectivity index (χ4v) is 3.92. The van der Waals surface area contributed by atoms with Crippen molar-refractivity contribution >= 4 is 36.8 Å². The summed E-state index contributed by atoms with van der Waals surface area (Å²) in [5.74, 6) is -0.240. The molecule has 1 amide bonds. The average molecular weight is 327 g/mol. The second kappa shape index (κ2) is 6.86. The van der Waals surface area contributed by atoms with Crippen molar-refractivity contribution in [3.05, 3.63) is 44.6 Å². The molecule has 0 atom stereocenters. The van der Waals surface area contributed by atoms with E-state index in [0.717, 1.165) is 11.4 Å². The van der Waals surface area contributed by atoms with Crippen molar-refractivity contribution < 1.29 is 9.72 Å². The lowest BCUT2D eigenvalue weighted by molar-refractivity contribution is -0.400. The van der Waals surface area contributed by atoms with Crippen LogP contribution in [0.15, 0.2) is 18.3 Å². The minimum atomic E-state index is -1.77. The summed E-state index contributed by atoms with van der Waals surface area (Å²) in [7, 11) is -1.77. The number of nitrogens with zero attached hydrogens (tertiary/aromatic N) is 1. The molecule has 7 heteroatoms. The van der Waals surface area contributed by atoms with Crippen LogP contribution in [0.3, 0.4) is 0 Å². The van der Waals surface area contributed by atoms with Gasteiger partial charge >= 0.3 is 0 Å². The summed E-state index contributed by atoms with van der Waals surface area (Å²) in [4.78, 5) is 22.2. The molecule has 1 aromatic rings. The molecule has 1 rings (SSSR count). The lowest BCUT2D eigenvalue weighted by atomic mass is 10.1. The number of hydrogen-bond acceptors (Lipinski definition) is 3. The maximum Gasteiger partial charge on any atom is 0.252 e. The van der Waals surface area contributed by atoms with Crippen LogP contribution in [0.5, 0.6) is 0 Å². The van der Waals surface area contributed by atoms with E-state index in [1.54, 1.807) is 6.07 Å². The number of nitro groups is 1. The molecule has 1 N–H and O–H groups in total. The Kier molecular flexibility index (Phi) is 5.68. The van der Waals surface area contributed by atoms with Crippen LogP contribution in [0, 0.1) is 10.1 Å². The molecule has 1 aromatic carbocycles. The van der Waals surface area contributed by atoms with Gasteiger partial charge in [-0.1, -0.05) is 43.4 Å². The van der Waals surface area contributed by atoms with Gasteiger partial charge in [0.15, 0.2) is 0 Å².